The zero-order valence-electron chi connectivity index (χ0n) is 11.1. The van der Waals surface area contributed by atoms with Crippen LogP contribution in [0.1, 0.15) is 16.7 Å². The normalized spacial score (nSPS) is 10.4. The van der Waals surface area contributed by atoms with E-state index in [0.717, 1.165) is 18.7 Å². The topological polar surface area (TPSA) is 36.3 Å². The van der Waals surface area contributed by atoms with E-state index in [9.17, 15) is 0 Å². The third-order valence-corrected chi connectivity index (χ3v) is 2.80. The van der Waals surface area contributed by atoms with Crippen molar-refractivity contribution in [3.8, 4) is 11.8 Å². The van der Waals surface area contributed by atoms with Gasteiger partial charge < -0.3 is 4.74 Å². The fraction of sp³-hybridized carbons (Fsp3) is 0.500. The number of aryl methyl sites for hydroxylation is 2. The molecular weight excluding hydrogens is 212 g/mol. The molecule has 0 unspecified atom stereocenters. The monoisotopic (exact) mass is 232 g/mol. The van der Waals surface area contributed by atoms with Gasteiger partial charge in [-0.05, 0) is 38.4 Å². The number of nitriles is 1. The van der Waals surface area contributed by atoms with Crippen LogP contribution >= 0.6 is 0 Å². The highest BCUT2D eigenvalue weighted by Gasteiger charge is 2.08. The molecule has 0 aromatic heterocycles. The van der Waals surface area contributed by atoms with Crippen molar-refractivity contribution in [3.05, 3.63) is 28.8 Å². The van der Waals surface area contributed by atoms with Crippen LogP contribution in [0.3, 0.4) is 0 Å². The van der Waals surface area contributed by atoms with Crippen molar-refractivity contribution in [2.24, 2.45) is 0 Å². The van der Waals surface area contributed by atoms with Gasteiger partial charge in [-0.2, -0.15) is 5.26 Å². The van der Waals surface area contributed by atoms with E-state index in [4.69, 9.17) is 10.00 Å². The van der Waals surface area contributed by atoms with E-state index in [1.807, 2.05) is 11.9 Å². The molecule has 17 heavy (non-hydrogen) atoms. The molecule has 0 bridgehead atoms. The van der Waals surface area contributed by atoms with E-state index in [1.54, 1.807) is 7.11 Å². The van der Waals surface area contributed by atoms with E-state index in [-0.39, 0.29) is 0 Å². The first kappa shape index (κ1) is 13.5. The molecule has 1 rings (SSSR count). The maximum absolute atomic E-state index is 8.61. The molecule has 92 valence electrons. The summed E-state index contributed by atoms with van der Waals surface area (Å²) in [5.41, 5.74) is 3.64. The predicted molar refractivity (Wildman–Crippen MR) is 69.3 cm³/mol. The number of benzene rings is 1. The molecule has 1 aromatic carbocycles. The number of ether oxygens (including phenoxy) is 1. The Balaban J connectivity index is 2.80. The second-order valence-corrected chi connectivity index (χ2v) is 4.42. The molecule has 3 heteroatoms. The average molecular weight is 232 g/mol. The summed E-state index contributed by atoms with van der Waals surface area (Å²) in [6.45, 7) is 5.49. The van der Waals surface area contributed by atoms with Gasteiger partial charge in [0.1, 0.15) is 5.75 Å². The van der Waals surface area contributed by atoms with E-state index < -0.39 is 0 Å². The van der Waals surface area contributed by atoms with Crippen molar-refractivity contribution in [3.63, 3.8) is 0 Å². The lowest BCUT2D eigenvalue weighted by Crippen LogP contribution is -2.21. The van der Waals surface area contributed by atoms with Crippen LogP contribution in [0.4, 0.5) is 0 Å². The Hall–Kier alpha value is -1.53. The zero-order valence-corrected chi connectivity index (χ0v) is 11.1. The van der Waals surface area contributed by atoms with Crippen LogP contribution in [0.5, 0.6) is 5.75 Å². The summed E-state index contributed by atoms with van der Waals surface area (Å²) in [6, 6.07) is 6.43. The van der Waals surface area contributed by atoms with Gasteiger partial charge >= 0.3 is 0 Å². The molecule has 0 heterocycles. The van der Waals surface area contributed by atoms with Crippen molar-refractivity contribution in [1.82, 2.24) is 4.90 Å². The van der Waals surface area contributed by atoms with Crippen molar-refractivity contribution in [1.29, 1.82) is 5.26 Å². The van der Waals surface area contributed by atoms with Crippen molar-refractivity contribution < 1.29 is 4.74 Å². The lowest BCUT2D eigenvalue weighted by Gasteiger charge is -2.16. The second kappa shape index (κ2) is 6.27. The third kappa shape index (κ3) is 3.76. The Bertz CT molecular complexity index is 421. The second-order valence-electron chi connectivity index (χ2n) is 4.42. The molecule has 0 amide bonds. The molecule has 3 nitrogen and oxygen atoms in total. The van der Waals surface area contributed by atoms with Crippen LogP contribution in [-0.4, -0.2) is 32.1 Å². The molecule has 0 N–H and O–H groups in total. The maximum Gasteiger partial charge on any atom is 0.125 e. The van der Waals surface area contributed by atoms with E-state index in [0.29, 0.717) is 6.54 Å². The quantitative estimate of drug-likeness (QED) is 0.731. The van der Waals surface area contributed by atoms with E-state index in [2.05, 4.69) is 32.0 Å². The van der Waals surface area contributed by atoms with Gasteiger partial charge in [0.25, 0.3) is 0 Å². The molecule has 0 saturated carbocycles. The lowest BCUT2D eigenvalue weighted by molar-refractivity contribution is 0.369. The Kier molecular flexibility index (Phi) is 4.99. The number of methoxy groups -OCH3 is 1. The van der Waals surface area contributed by atoms with Gasteiger partial charge in [0.2, 0.25) is 0 Å². The Morgan fingerprint density at radius 1 is 1.35 bits per heavy atom. The number of hydrogen-bond donors (Lipinski definition) is 0. The first-order chi connectivity index (χ1) is 8.08. The van der Waals surface area contributed by atoms with Gasteiger partial charge in [0.15, 0.2) is 0 Å². The minimum atomic E-state index is 0.465. The molecular formula is C14H20N2O. The van der Waals surface area contributed by atoms with Gasteiger partial charge in [-0.15, -0.1) is 0 Å². The molecule has 0 aliphatic rings. The minimum absolute atomic E-state index is 0.465. The third-order valence-electron chi connectivity index (χ3n) is 2.80. The lowest BCUT2D eigenvalue weighted by atomic mass is 10.0. The maximum atomic E-state index is 8.61. The average Bonchev–Trinajstić information content (AvgIpc) is 2.26. The first-order valence-electron chi connectivity index (χ1n) is 5.78. The summed E-state index contributed by atoms with van der Waals surface area (Å²) in [5, 5.41) is 8.61. The fourth-order valence-corrected chi connectivity index (χ4v) is 2.03. The van der Waals surface area contributed by atoms with Crippen LogP contribution < -0.4 is 4.74 Å². The molecule has 0 radical (unpaired) electrons. The van der Waals surface area contributed by atoms with Gasteiger partial charge in [0.05, 0.1) is 19.7 Å². The van der Waals surface area contributed by atoms with Gasteiger partial charge in [-0.3, -0.25) is 4.90 Å². The summed E-state index contributed by atoms with van der Waals surface area (Å²) in [7, 11) is 3.67. The van der Waals surface area contributed by atoms with Crippen LogP contribution in [0.15, 0.2) is 12.1 Å². The first-order valence-corrected chi connectivity index (χ1v) is 5.78. The molecule has 0 aliphatic heterocycles. The highest BCUT2D eigenvalue weighted by molar-refractivity contribution is 5.43. The van der Waals surface area contributed by atoms with Crippen LogP contribution in [-0.2, 0) is 6.42 Å². The SMILES string of the molecule is COc1c(C)cc(C)cc1CCN(C)CC#N. The summed E-state index contributed by atoms with van der Waals surface area (Å²) >= 11 is 0. The molecule has 0 saturated heterocycles. The molecule has 0 fully saturated rings. The van der Waals surface area contributed by atoms with Crippen LogP contribution in [0.2, 0.25) is 0 Å². The smallest absolute Gasteiger partial charge is 0.125 e. The van der Waals surface area contributed by atoms with Crippen molar-refractivity contribution >= 4 is 0 Å². The van der Waals surface area contributed by atoms with Crippen LogP contribution in [0.25, 0.3) is 0 Å². The highest BCUT2D eigenvalue weighted by Crippen LogP contribution is 2.25. The predicted octanol–water partition coefficient (Wildman–Crippen LogP) is 2.31. The highest BCUT2D eigenvalue weighted by atomic mass is 16.5. The Morgan fingerprint density at radius 2 is 2.06 bits per heavy atom. The Morgan fingerprint density at radius 3 is 2.65 bits per heavy atom. The molecule has 0 aliphatic carbocycles. The summed E-state index contributed by atoms with van der Waals surface area (Å²) in [5.74, 6) is 0.973. The van der Waals surface area contributed by atoms with E-state index >= 15 is 0 Å². The zero-order chi connectivity index (χ0) is 12.8. The molecule has 1 aromatic rings. The van der Waals surface area contributed by atoms with Gasteiger partial charge in [-0.25, -0.2) is 0 Å². The summed E-state index contributed by atoms with van der Waals surface area (Å²) in [4.78, 5) is 2.01. The van der Waals surface area contributed by atoms with Crippen molar-refractivity contribution in [2.75, 3.05) is 27.2 Å². The minimum Gasteiger partial charge on any atom is -0.496 e. The molecule has 0 atom stereocenters. The fourth-order valence-electron chi connectivity index (χ4n) is 2.03. The van der Waals surface area contributed by atoms with Crippen LogP contribution in [0, 0.1) is 25.2 Å². The summed E-state index contributed by atoms with van der Waals surface area (Å²) < 4.78 is 5.44. The largest absolute Gasteiger partial charge is 0.496 e. The number of nitrogens with zero attached hydrogens (tertiary/aromatic N) is 2. The summed E-state index contributed by atoms with van der Waals surface area (Å²) in [6.07, 6.45) is 0.907. The molecule has 0 spiro atoms. The number of rotatable bonds is 5. The van der Waals surface area contributed by atoms with Gasteiger partial charge in [-0.1, -0.05) is 17.7 Å². The standard InChI is InChI=1S/C14H20N2O/c1-11-9-12(2)14(17-4)13(10-11)5-7-16(3)8-6-15/h9-10H,5,7-8H2,1-4H3. The van der Waals surface area contributed by atoms with Gasteiger partial charge in [0, 0.05) is 6.54 Å². The van der Waals surface area contributed by atoms with E-state index in [1.165, 1.54) is 16.7 Å². The Labute approximate surface area is 104 Å². The van der Waals surface area contributed by atoms with Crippen molar-refractivity contribution in [2.45, 2.75) is 20.3 Å². The number of hydrogen-bond acceptors (Lipinski definition) is 3. The number of likely N-dealkylation sites (N-methyl/N-ethyl adjacent to an activating group) is 1.